The summed E-state index contributed by atoms with van der Waals surface area (Å²) in [6.45, 7) is 6.38. The van der Waals surface area contributed by atoms with Crippen molar-refractivity contribution in [3.63, 3.8) is 0 Å². The van der Waals surface area contributed by atoms with E-state index in [2.05, 4.69) is 0 Å². The Morgan fingerprint density at radius 1 is 1.39 bits per heavy atom. The van der Waals surface area contributed by atoms with E-state index >= 15 is 0 Å². The molecule has 2 amide bonds. The van der Waals surface area contributed by atoms with Gasteiger partial charge in [-0.25, -0.2) is 4.39 Å². The number of carbonyl (C=O) groups excluding carboxylic acids is 2. The summed E-state index contributed by atoms with van der Waals surface area (Å²) in [5.74, 6) is -0.345. The Morgan fingerprint density at radius 3 is 2.65 bits per heavy atom. The molecule has 0 saturated carbocycles. The van der Waals surface area contributed by atoms with Crippen molar-refractivity contribution in [3.05, 3.63) is 35.6 Å². The molecule has 1 aromatic carbocycles. The molecule has 1 aliphatic heterocycles. The van der Waals surface area contributed by atoms with Crippen LogP contribution in [0.25, 0.3) is 0 Å². The fourth-order valence-electron chi connectivity index (χ4n) is 2.63. The summed E-state index contributed by atoms with van der Waals surface area (Å²) in [5, 5.41) is -0.535. The normalized spacial score (nSPS) is 21.1. The summed E-state index contributed by atoms with van der Waals surface area (Å²) in [7, 11) is 1.73. The van der Waals surface area contributed by atoms with Crippen molar-refractivity contribution >= 4 is 23.6 Å². The lowest BCUT2D eigenvalue weighted by atomic mass is 10.2. The minimum absolute atomic E-state index is 0.00588. The first-order valence-corrected chi connectivity index (χ1v) is 8.72. The van der Waals surface area contributed by atoms with Crippen LogP contribution < -0.4 is 0 Å². The fraction of sp³-hybridized carbons (Fsp3) is 0.529. The summed E-state index contributed by atoms with van der Waals surface area (Å²) >= 11 is 1.45. The summed E-state index contributed by atoms with van der Waals surface area (Å²) < 4.78 is 14.1. The number of hydrogen-bond acceptors (Lipinski definition) is 3. The number of halogens is 1. The van der Waals surface area contributed by atoms with Crippen molar-refractivity contribution < 1.29 is 14.0 Å². The first kappa shape index (κ1) is 17.8. The number of amides is 2. The van der Waals surface area contributed by atoms with Crippen molar-refractivity contribution in [1.29, 1.82) is 0 Å². The number of likely N-dealkylation sites (N-methyl/N-ethyl adjacent to an activating group) is 1. The molecule has 1 aliphatic rings. The van der Waals surface area contributed by atoms with Gasteiger partial charge in [-0.15, -0.1) is 11.8 Å². The molecule has 0 aliphatic carbocycles. The molecule has 0 spiro atoms. The highest BCUT2D eigenvalue weighted by atomic mass is 32.2. The van der Waals surface area contributed by atoms with E-state index in [1.165, 1.54) is 17.8 Å². The molecule has 126 valence electrons. The standard InChI is InChI=1S/C17H23FN2O2S/c1-11(2)15(21)19(4)9-10-20-16(22)12(3)23-17(20)13-7-5-6-8-14(13)18/h5-8,11-12,17H,9-10H2,1-4H3/t12-,17-/m1/s1. The molecule has 23 heavy (non-hydrogen) atoms. The summed E-state index contributed by atoms with van der Waals surface area (Å²) in [5.41, 5.74) is 0.521. The van der Waals surface area contributed by atoms with E-state index in [0.717, 1.165) is 0 Å². The van der Waals surface area contributed by atoms with E-state index in [1.807, 2.05) is 20.8 Å². The minimum atomic E-state index is -0.332. The Hall–Kier alpha value is -1.56. The third-order valence-electron chi connectivity index (χ3n) is 3.96. The molecule has 1 saturated heterocycles. The van der Waals surface area contributed by atoms with Crippen molar-refractivity contribution in [2.45, 2.75) is 31.4 Å². The SMILES string of the molecule is CC(C)C(=O)N(C)CCN1C(=O)[C@@H](C)S[C@@H]1c1ccccc1F. The van der Waals surface area contributed by atoms with Gasteiger partial charge in [-0.05, 0) is 13.0 Å². The number of thioether (sulfide) groups is 1. The molecule has 1 fully saturated rings. The molecular weight excluding hydrogens is 315 g/mol. The van der Waals surface area contributed by atoms with Gasteiger partial charge in [0, 0.05) is 31.6 Å². The molecular formula is C17H23FN2O2S. The monoisotopic (exact) mass is 338 g/mol. The van der Waals surface area contributed by atoms with Crippen molar-refractivity contribution in [1.82, 2.24) is 9.80 Å². The predicted octanol–water partition coefficient (Wildman–Crippen LogP) is 2.90. The van der Waals surface area contributed by atoms with E-state index in [-0.39, 0.29) is 34.2 Å². The van der Waals surface area contributed by atoms with Gasteiger partial charge in [-0.1, -0.05) is 32.0 Å². The van der Waals surface area contributed by atoms with E-state index in [0.29, 0.717) is 18.7 Å². The van der Waals surface area contributed by atoms with Crippen molar-refractivity contribution in [2.24, 2.45) is 5.92 Å². The zero-order valence-corrected chi connectivity index (χ0v) is 14.8. The van der Waals surface area contributed by atoms with E-state index in [9.17, 15) is 14.0 Å². The average Bonchev–Trinajstić information content (AvgIpc) is 2.79. The highest BCUT2D eigenvalue weighted by molar-refractivity contribution is 8.01. The lowest BCUT2D eigenvalue weighted by molar-refractivity contribution is -0.135. The van der Waals surface area contributed by atoms with Gasteiger partial charge in [0.25, 0.3) is 0 Å². The van der Waals surface area contributed by atoms with Gasteiger partial charge in [-0.2, -0.15) is 0 Å². The van der Waals surface area contributed by atoms with Gasteiger partial charge in [-0.3, -0.25) is 9.59 Å². The Morgan fingerprint density at radius 2 is 2.04 bits per heavy atom. The number of carbonyl (C=O) groups is 2. The zero-order valence-electron chi connectivity index (χ0n) is 14.0. The second-order valence-electron chi connectivity index (χ2n) is 6.10. The topological polar surface area (TPSA) is 40.6 Å². The van der Waals surface area contributed by atoms with Gasteiger partial charge in [0.15, 0.2) is 0 Å². The van der Waals surface area contributed by atoms with Crippen LogP contribution in [0.2, 0.25) is 0 Å². The second-order valence-corrected chi connectivity index (χ2v) is 7.52. The van der Waals surface area contributed by atoms with Crippen LogP contribution >= 0.6 is 11.8 Å². The quantitative estimate of drug-likeness (QED) is 0.829. The van der Waals surface area contributed by atoms with Crippen molar-refractivity contribution in [2.75, 3.05) is 20.1 Å². The van der Waals surface area contributed by atoms with Crippen LogP contribution in [0.3, 0.4) is 0 Å². The summed E-state index contributed by atoms with van der Waals surface area (Å²) in [6.07, 6.45) is 0. The van der Waals surface area contributed by atoms with Gasteiger partial charge in [0.2, 0.25) is 11.8 Å². The molecule has 0 aromatic heterocycles. The number of benzene rings is 1. The van der Waals surface area contributed by atoms with Crippen LogP contribution in [-0.2, 0) is 9.59 Å². The molecule has 1 heterocycles. The molecule has 0 bridgehead atoms. The first-order valence-electron chi connectivity index (χ1n) is 7.78. The molecule has 2 rings (SSSR count). The third kappa shape index (κ3) is 3.86. The van der Waals surface area contributed by atoms with E-state index < -0.39 is 0 Å². The number of rotatable bonds is 5. The van der Waals surface area contributed by atoms with Crippen molar-refractivity contribution in [3.8, 4) is 0 Å². The Bertz CT molecular complexity index is 594. The first-order chi connectivity index (χ1) is 10.8. The van der Waals surface area contributed by atoms with Crippen LogP contribution in [0, 0.1) is 11.7 Å². The fourth-order valence-corrected chi connectivity index (χ4v) is 3.96. The van der Waals surface area contributed by atoms with Gasteiger partial charge >= 0.3 is 0 Å². The highest BCUT2D eigenvalue weighted by Crippen LogP contribution is 2.43. The zero-order chi connectivity index (χ0) is 17.1. The maximum absolute atomic E-state index is 14.1. The lowest BCUT2D eigenvalue weighted by Crippen LogP contribution is -2.40. The maximum Gasteiger partial charge on any atom is 0.236 e. The number of hydrogen-bond donors (Lipinski definition) is 0. The van der Waals surface area contributed by atoms with Gasteiger partial charge in [0.05, 0.1) is 5.25 Å². The smallest absolute Gasteiger partial charge is 0.236 e. The predicted molar refractivity (Wildman–Crippen MR) is 90.4 cm³/mol. The van der Waals surface area contributed by atoms with Gasteiger partial charge < -0.3 is 9.80 Å². The highest BCUT2D eigenvalue weighted by Gasteiger charge is 2.39. The van der Waals surface area contributed by atoms with Crippen LogP contribution in [0.1, 0.15) is 31.7 Å². The van der Waals surface area contributed by atoms with Crippen LogP contribution in [0.15, 0.2) is 24.3 Å². The molecule has 4 nitrogen and oxygen atoms in total. The van der Waals surface area contributed by atoms with E-state index in [1.54, 1.807) is 35.0 Å². The van der Waals surface area contributed by atoms with Crippen LogP contribution in [0.5, 0.6) is 0 Å². The molecule has 2 atom stereocenters. The Kier molecular flexibility index (Phi) is 5.68. The molecule has 1 aromatic rings. The van der Waals surface area contributed by atoms with Crippen LogP contribution in [0.4, 0.5) is 4.39 Å². The maximum atomic E-state index is 14.1. The summed E-state index contributed by atoms with van der Waals surface area (Å²) in [6, 6.07) is 6.55. The Balaban J connectivity index is 2.13. The Labute approximate surface area is 141 Å². The molecule has 0 N–H and O–H groups in total. The van der Waals surface area contributed by atoms with Gasteiger partial charge in [0.1, 0.15) is 11.2 Å². The second kappa shape index (κ2) is 7.34. The lowest BCUT2D eigenvalue weighted by Gasteiger charge is -2.27. The van der Waals surface area contributed by atoms with E-state index in [4.69, 9.17) is 0 Å². The largest absolute Gasteiger partial charge is 0.344 e. The molecule has 0 unspecified atom stereocenters. The van der Waals surface area contributed by atoms with Crippen LogP contribution in [-0.4, -0.2) is 47.0 Å². The average molecular weight is 338 g/mol. The molecule has 6 heteroatoms. The third-order valence-corrected chi connectivity index (χ3v) is 5.34. The number of nitrogens with zero attached hydrogens (tertiary/aromatic N) is 2. The summed E-state index contributed by atoms with van der Waals surface area (Å²) in [4.78, 5) is 27.7. The molecule has 0 radical (unpaired) electrons. The minimum Gasteiger partial charge on any atom is -0.344 e.